The van der Waals surface area contributed by atoms with Crippen LogP contribution in [0.2, 0.25) is 0 Å². The number of morpholine rings is 1. The summed E-state index contributed by atoms with van der Waals surface area (Å²) in [4.78, 5) is 3.52. The molecular formula is C21H22N2O3S. The molecule has 6 heteroatoms. The van der Waals surface area contributed by atoms with E-state index in [4.69, 9.17) is 4.74 Å². The summed E-state index contributed by atoms with van der Waals surface area (Å²) in [5.74, 6) is 0. The Morgan fingerprint density at radius 2 is 1.59 bits per heavy atom. The Morgan fingerprint density at radius 1 is 0.926 bits per heavy atom. The minimum atomic E-state index is -3.54. The minimum Gasteiger partial charge on any atom is -0.379 e. The molecule has 1 saturated heterocycles. The van der Waals surface area contributed by atoms with E-state index in [1.807, 2.05) is 61.8 Å². The fraction of sp³-hybridized carbons (Fsp3) is 0.238. The molecule has 1 aromatic heterocycles. The van der Waals surface area contributed by atoms with Gasteiger partial charge < -0.3 is 9.72 Å². The van der Waals surface area contributed by atoms with Gasteiger partial charge in [0.1, 0.15) is 0 Å². The molecule has 1 aliphatic rings. The first-order chi connectivity index (χ1) is 13.1. The third kappa shape index (κ3) is 3.43. The van der Waals surface area contributed by atoms with Gasteiger partial charge in [-0.25, -0.2) is 8.42 Å². The monoisotopic (exact) mass is 382 g/mol. The highest BCUT2D eigenvalue weighted by atomic mass is 32.2. The maximum Gasteiger partial charge on any atom is 0.243 e. The molecular weight excluding hydrogens is 360 g/mol. The predicted molar refractivity (Wildman–Crippen MR) is 106 cm³/mol. The van der Waals surface area contributed by atoms with E-state index in [2.05, 4.69) is 4.98 Å². The lowest BCUT2D eigenvalue weighted by molar-refractivity contribution is 0.0730. The number of aromatic nitrogens is 1. The topological polar surface area (TPSA) is 62.4 Å². The molecule has 1 fully saturated rings. The highest BCUT2D eigenvalue weighted by molar-refractivity contribution is 7.89. The summed E-state index contributed by atoms with van der Waals surface area (Å²) < 4.78 is 33.1. The van der Waals surface area contributed by atoms with E-state index < -0.39 is 10.0 Å². The Kier molecular flexibility index (Phi) is 4.86. The maximum absolute atomic E-state index is 13.1. The number of nitrogens with zero attached hydrogens (tertiary/aromatic N) is 1. The number of aromatic amines is 1. The Morgan fingerprint density at radius 3 is 2.30 bits per heavy atom. The zero-order chi connectivity index (χ0) is 18.9. The van der Waals surface area contributed by atoms with Gasteiger partial charge in [-0.3, -0.25) is 0 Å². The van der Waals surface area contributed by atoms with Gasteiger partial charge in [-0.15, -0.1) is 0 Å². The number of benzene rings is 2. The van der Waals surface area contributed by atoms with Gasteiger partial charge in [-0.2, -0.15) is 4.31 Å². The average molecular weight is 382 g/mol. The molecule has 5 nitrogen and oxygen atoms in total. The molecule has 2 heterocycles. The van der Waals surface area contributed by atoms with E-state index in [1.54, 1.807) is 6.07 Å². The van der Waals surface area contributed by atoms with Crippen molar-refractivity contribution >= 4 is 10.0 Å². The number of rotatable bonds is 4. The van der Waals surface area contributed by atoms with Gasteiger partial charge in [0.05, 0.1) is 18.1 Å². The highest BCUT2D eigenvalue weighted by Gasteiger charge is 2.28. The molecule has 0 atom stereocenters. The number of nitrogens with one attached hydrogen (secondary N) is 1. The molecule has 0 radical (unpaired) electrons. The lowest BCUT2D eigenvalue weighted by Crippen LogP contribution is -2.40. The van der Waals surface area contributed by atoms with Gasteiger partial charge in [0.2, 0.25) is 10.0 Å². The smallest absolute Gasteiger partial charge is 0.243 e. The van der Waals surface area contributed by atoms with Gasteiger partial charge in [-0.05, 0) is 29.7 Å². The highest BCUT2D eigenvalue weighted by Crippen LogP contribution is 2.34. The van der Waals surface area contributed by atoms with E-state index in [-0.39, 0.29) is 0 Å². The van der Waals surface area contributed by atoms with Crippen LogP contribution in [0.5, 0.6) is 0 Å². The normalized spacial score (nSPS) is 15.7. The van der Waals surface area contributed by atoms with Crippen LogP contribution < -0.4 is 0 Å². The lowest BCUT2D eigenvalue weighted by atomic mass is 9.98. The van der Waals surface area contributed by atoms with Crippen molar-refractivity contribution in [2.45, 2.75) is 11.8 Å². The van der Waals surface area contributed by atoms with Crippen LogP contribution in [0.15, 0.2) is 65.8 Å². The minimum absolute atomic E-state index is 0.363. The van der Waals surface area contributed by atoms with Crippen LogP contribution in [0.4, 0.5) is 0 Å². The summed E-state index contributed by atoms with van der Waals surface area (Å²) >= 11 is 0. The Hall–Kier alpha value is -2.41. The molecule has 4 rings (SSSR count). The second-order valence-electron chi connectivity index (χ2n) is 6.65. The zero-order valence-electron chi connectivity index (χ0n) is 15.2. The first kappa shape index (κ1) is 18.0. The van der Waals surface area contributed by atoms with Gasteiger partial charge in [0, 0.05) is 36.6 Å². The summed E-state index contributed by atoms with van der Waals surface area (Å²) in [7, 11) is -3.54. The molecule has 0 amide bonds. The molecule has 1 N–H and O–H groups in total. The number of sulfonamides is 1. The molecule has 0 spiro atoms. The predicted octanol–water partition coefficient (Wildman–Crippen LogP) is 3.68. The number of aryl methyl sites for hydroxylation is 1. The van der Waals surface area contributed by atoms with Gasteiger partial charge >= 0.3 is 0 Å². The summed E-state index contributed by atoms with van der Waals surface area (Å²) in [5.41, 5.74) is 4.76. The molecule has 140 valence electrons. The number of H-pyrrole nitrogens is 1. The van der Waals surface area contributed by atoms with Crippen LogP contribution in [0.25, 0.3) is 22.3 Å². The zero-order valence-corrected chi connectivity index (χ0v) is 16.0. The van der Waals surface area contributed by atoms with Crippen LogP contribution in [0.1, 0.15) is 5.56 Å². The van der Waals surface area contributed by atoms with Crippen LogP contribution in [0.3, 0.4) is 0 Å². The average Bonchev–Trinajstić information content (AvgIpc) is 3.19. The Labute approximate surface area is 159 Å². The molecule has 1 aliphatic heterocycles. The van der Waals surface area contributed by atoms with E-state index in [0.29, 0.717) is 31.2 Å². The Bertz CT molecular complexity index is 1040. The fourth-order valence-electron chi connectivity index (χ4n) is 3.43. The van der Waals surface area contributed by atoms with Crippen LogP contribution in [-0.2, 0) is 14.8 Å². The van der Waals surface area contributed by atoms with E-state index in [0.717, 1.165) is 27.8 Å². The summed E-state index contributed by atoms with van der Waals surface area (Å²) in [6.07, 6.45) is 3.86. The molecule has 2 aromatic carbocycles. The summed E-state index contributed by atoms with van der Waals surface area (Å²) in [6, 6.07) is 15.7. The number of hydrogen-bond donors (Lipinski definition) is 1. The molecule has 0 bridgehead atoms. The quantitative estimate of drug-likeness (QED) is 0.749. The third-order valence-electron chi connectivity index (χ3n) is 4.92. The van der Waals surface area contributed by atoms with Gasteiger partial charge in [0.25, 0.3) is 0 Å². The van der Waals surface area contributed by atoms with Crippen LogP contribution in [0, 0.1) is 6.92 Å². The van der Waals surface area contributed by atoms with Crippen molar-refractivity contribution in [2.75, 3.05) is 26.3 Å². The number of ether oxygens (including phenoxy) is 1. The lowest BCUT2D eigenvalue weighted by Gasteiger charge is -2.27. The third-order valence-corrected chi connectivity index (χ3v) is 6.96. The molecule has 0 saturated carbocycles. The van der Waals surface area contributed by atoms with E-state index >= 15 is 0 Å². The molecule has 3 aromatic rings. The van der Waals surface area contributed by atoms with Crippen molar-refractivity contribution in [3.05, 3.63) is 66.5 Å². The van der Waals surface area contributed by atoms with Gasteiger partial charge in [-0.1, -0.05) is 42.5 Å². The van der Waals surface area contributed by atoms with Gasteiger partial charge in [0.15, 0.2) is 0 Å². The second kappa shape index (κ2) is 7.31. The standard InChI is InChI=1S/C21H22N2O3S/c1-16-7-8-18(13-21(16)27(24,25)23-9-11-26-12-10-23)20-15-22-14-19(20)17-5-3-2-4-6-17/h2-8,13-15,22H,9-12H2,1H3. The van der Waals surface area contributed by atoms with Crippen molar-refractivity contribution < 1.29 is 13.2 Å². The van der Waals surface area contributed by atoms with Crippen LogP contribution in [-0.4, -0.2) is 44.0 Å². The van der Waals surface area contributed by atoms with Crippen molar-refractivity contribution in [1.82, 2.24) is 9.29 Å². The number of hydrogen-bond acceptors (Lipinski definition) is 3. The van der Waals surface area contributed by atoms with Crippen LogP contribution >= 0.6 is 0 Å². The van der Waals surface area contributed by atoms with Crippen molar-refractivity contribution in [1.29, 1.82) is 0 Å². The Balaban J connectivity index is 1.77. The molecule has 27 heavy (non-hydrogen) atoms. The fourth-order valence-corrected chi connectivity index (χ4v) is 5.09. The maximum atomic E-state index is 13.1. The van der Waals surface area contributed by atoms with E-state index in [9.17, 15) is 8.42 Å². The molecule has 0 aliphatic carbocycles. The largest absolute Gasteiger partial charge is 0.379 e. The van der Waals surface area contributed by atoms with Crippen molar-refractivity contribution in [2.24, 2.45) is 0 Å². The van der Waals surface area contributed by atoms with E-state index in [1.165, 1.54) is 4.31 Å². The molecule has 0 unspecified atom stereocenters. The van der Waals surface area contributed by atoms with Crippen molar-refractivity contribution in [3.63, 3.8) is 0 Å². The second-order valence-corrected chi connectivity index (χ2v) is 8.55. The SMILES string of the molecule is Cc1ccc(-c2c[nH]cc2-c2ccccc2)cc1S(=O)(=O)N1CCOCC1. The first-order valence-electron chi connectivity index (χ1n) is 8.98. The summed E-state index contributed by atoms with van der Waals surface area (Å²) in [5, 5.41) is 0. The first-order valence-corrected chi connectivity index (χ1v) is 10.4. The van der Waals surface area contributed by atoms with Crippen molar-refractivity contribution in [3.8, 4) is 22.3 Å². The summed E-state index contributed by atoms with van der Waals surface area (Å²) in [6.45, 7) is 3.51.